The molecule has 0 radical (unpaired) electrons. The summed E-state index contributed by atoms with van der Waals surface area (Å²) in [5.41, 5.74) is -5.67. The molecule has 2 aromatic rings. The molecule has 2 aromatic heterocycles. The van der Waals surface area contributed by atoms with E-state index in [1.165, 1.54) is 62.8 Å². The van der Waals surface area contributed by atoms with Crippen LogP contribution in [0.1, 0.15) is 73.6 Å². The topological polar surface area (TPSA) is 157 Å². The SMILES string of the molecule is CCCCC[N+](CC)(CC)CC.CCCCn1cc[n+](C)c1.CCn1cc[n+](C)c1.CS(=O)(=O)[N-]S(=O)(=O)C(F)(F)F.CS(=O)(=O)[O-].F[P-](F)(F)(F)(F)F. The predicted molar refractivity (Wildman–Crippen MR) is 190 cm³/mol. The third-order valence-electron chi connectivity index (χ3n) is 6.56. The predicted octanol–water partition coefficient (Wildman–Crippen LogP) is 7.21. The number of rotatable bonds is 13. The van der Waals surface area contributed by atoms with Gasteiger partial charge in [0.1, 0.15) is 24.8 Å². The van der Waals surface area contributed by atoms with E-state index in [1.54, 1.807) is 4.13 Å². The van der Waals surface area contributed by atoms with Crippen molar-refractivity contribution < 1.29 is 81.8 Å². The minimum absolute atomic E-state index is 0.246. The second-order valence-electron chi connectivity index (χ2n) is 11.7. The van der Waals surface area contributed by atoms with E-state index in [1.807, 2.05) is 24.9 Å². The zero-order valence-corrected chi connectivity index (χ0v) is 35.7. The second-order valence-corrected chi connectivity index (χ2v) is 18.5. The van der Waals surface area contributed by atoms with Crippen LogP contribution in [-0.2, 0) is 57.3 Å². The first-order chi connectivity index (χ1) is 23.8. The van der Waals surface area contributed by atoms with Gasteiger partial charge in [0.25, 0.3) is 0 Å². The molecule has 328 valence electrons. The van der Waals surface area contributed by atoms with Gasteiger partial charge in [0.05, 0.1) is 73.5 Å². The van der Waals surface area contributed by atoms with E-state index in [0.29, 0.717) is 6.26 Å². The molecular weight excluding hydrogens is 831 g/mol. The summed E-state index contributed by atoms with van der Waals surface area (Å²) in [7, 11) is -21.0. The van der Waals surface area contributed by atoms with E-state index >= 15 is 0 Å². The van der Waals surface area contributed by atoms with E-state index in [9.17, 15) is 55.2 Å². The third-order valence-corrected chi connectivity index (χ3v) is 9.01. The molecule has 2 heterocycles. The Kier molecular flexibility index (Phi) is 25.9. The zero-order valence-electron chi connectivity index (χ0n) is 32.4. The molecule has 0 fully saturated rings. The molecule has 0 atom stereocenters. The van der Waals surface area contributed by atoms with Gasteiger partial charge < -0.3 is 13.2 Å². The molecule has 0 aromatic carbocycles. The van der Waals surface area contributed by atoms with Gasteiger partial charge in [0.2, 0.25) is 12.7 Å². The van der Waals surface area contributed by atoms with Crippen molar-refractivity contribution in [2.75, 3.05) is 38.7 Å². The van der Waals surface area contributed by atoms with Crippen LogP contribution in [0.3, 0.4) is 0 Å². The number of quaternary nitrogens is 1. The first kappa shape index (κ1) is 58.7. The Morgan fingerprint density at radius 3 is 1.26 bits per heavy atom. The molecule has 0 aliphatic carbocycles. The van der Waals surface area contributed by atoms with E-state index < -0.39 is 43.5 Å². The number of sulfonamides is 2. The Bertz CT molecular complexity index is 1610. The average Bonchev–Trinajstić information content (AvgIpc) is 3.58. The number of hydrogen-bond acceptors (Lipinski definition) is 7. The number of nitrogens with zero attached hydrogens (tertiary/aromatic N) is 6. The van der Waals surface area contributed by atoms with Crippen LogP contribution in [0.5, 0.6) is 0 Å². The van der Waals surface area contributed by atoms with Gasteiger partial charge in [-0.25, -0.2) is 43.5 Å². The van der Waals surface area contributed by atoms with Crippen molar-refractivity contribution in [2.24, 2.45) is 14.1 Å². The van der Waals surface area contributed by atoms with Crippen molar-refractivity contribution in [2.45, 2.75) is 92.2 Å². The number of hydrogen-bond donors (Lipinski definition) is 0. The first-order valence-electron chi connectivity index (χ1n) is 16.4. The van der Waals surface area contributed by atoms with Gasteiger partial charge in [-0.3, -0.25) is 0 Å². The summed E-state index contributed by atoms with van der Waals surface area (Å²) in [5.74, 6) is 0. The molecule has 0 saturated carbocycles. The quantitative estimate of drug-likeness (QED) is 0.0514. The molecule has 0 unspecified atom stereocenters. The van der Waals surface area contributed by atoms with Gasteiger partial charge >= 0.3 is 38.5 Å². The molecule has 0 aliphatic heterocycles. The number of aryl methyl sites for hydroxylation is 4. The van der Waals surface area contributed by atoms with Gasteiger partial charge in [-0.15, -0.1) is 0 Å². The van der Waals surface area contributed by atoms with Crippen LogP contribution in [0, 0.1) is 0 Å². The van der Waals surface area contributed by atoms with Crippen LogP contribution in [-0.4, -0.2) is 87.6 Å². The van der Waals surface area contributed by atoms with Crippen molar-refractivity contribution in [1.29, 1.82) is 0 Å². The van der Waals surface area contributed by atoms with E-state index in [4.69, 9.17) is 13.0 Å². The van der Waals surface area contributed by atoms with Gasteiger partial charge in [-0.05, 0) is 47.0 Å². The third kappa shape index (κ3) is 44.3. The molecule has 0 bridgehead atoms. The van der Waals surface area contributed by atoms with E-state index in [0.717, 1.165) is 13.1 Å². The van der Waals surface area contributed by atoms with Crippen LogP contribution < -0.4 is 9.13 Å². The van der Waals surface area contributed by atoms with E-state index in [2.05, 4.69) is 86.5 Å². The van der Waals surface area contributed by atoms with Gasteiger partial charge in [0.15, 0.2) is 10.0 Å². The molecule has 0 amide bonds. The van der Waals surface area contributed by atoms with Crippen LogP contribution >= 0.6 is 7.81 Å². The molecule has 54 heavy (non-hydrogen) atoms. The van der Waals surface area contributed by atoms with Gasteiger partial charge in [-0.1, -0.05) is 26.7 Å². The summed E-state index contributed by atoms with van der Waals surface area (Å²) >= 11 is 0. The first-order valence-corrected chi connectivity index (χ1v) is 23.5. The molecule has 0 saturated heterocycles. The van der Waals surface area contributed by atoms with Crippen molar-refractivity contribution in [3.8, 4) is 0 Å². The van der Waals surface area contributed by atoms with Crippen LogP contribution in [0.15, 0.2) is 37.4 Å². The fraction of sp³-hybridized carbons (Fsp3) is 0.786. The summed E-state index contributed by atoms with van der Waals surface area (Å²) in [6.45, 7) is 21.1. The van der Waals surface area contributed by atoms with Crippen molar-refractivity contribution >= 4 is 38.0 Å². The molecule has 26 heteroatoms. The Hall–Kier alpha value is -2.05. The molecular formula is C28H58F9N6O7PS3. The Morgan fingerprint density at radius 1 is 0.704 bits per heavy atom. The molecule has 0 N–H and O–H groups in total. The minimum atomic E-state index is -10.7. The Labute approximate surface area is 314 Å². The normalized spacial score (nSPS) is 13.3. The van der Waals surface area contributed by atoms with Crippen molar-refractivity contribution in [3.05, 3.63) is 41.6 Å². The Morgan fingerprint density at radius 2 is 1.06 bits per heavy atom. The summed E-state index contributed by atoms with van der Waals surface area (Å²) in [6, 6.07) is 0. The summed E-state index contributed by atoms with van der Waals surface area (Å²) in [4.78, 5) is 0. The van der Waals surface area contributed by atoms with Crippen LogP contribution in [0.2, 0.25) is 0 Å². The zero-order chi connectivity index (χ0) is 43.9. The van der Waals surface area contributed by atoms with Gasteiger partial charge in [0, 0.05) is 12.5 Å². The van der Waals surface area contributed by atoms with Crippen LogP contribution in [0.25, 0.3) is 4.13 Å². The molecule has 0 spiro atoms. The maximum absolute atomic E-state index is 11.4. The number of unbranched alkanes of at least 4 members (excludes halogenated alkanes) is 3. The molecule has 0 aliphatic rings. The summed E-state index contributed by atoms with van der Waals surface area (Å²) in [5, 5.41) is 0. The van der Waals surface area contributed by atoms with Gasteiger partial charge in [-0.2, -0.15) is 13.2 Å². The average molecular weight is 889 g/mol. The molecule has 13 nitrogen and oxygen atoms in total. The fourth-order valence-corrected chi connectivity index (χ4v) is 5.49. The number of aromatic nitrogens is 4. The number of halogens is 9. The fourth-order valence-electron chi connectivity index (χ4n) is 3.73. The van der Waals surface area contributed by atoms with E-state index in [-0.39, 0.29) is 6.26 Å². The summed E-state index contributed by atoms with van der Waals surface area (Å²) in [6.07, 6.45) is 20.0. The Balaban J connectivity index is -0.000000284. The summed E-state index contributed by atoms with van der Waals surface area (Å²) < 4.78 is 172. The standard InChI is InChI=1S/C11H26N.C8H15N2.C6H11N2.C2H3F3NO4S2.CH4O3S.F6P/c1-5-9-10-11-12(6-2,7-3)8-4;1-3-4-5-10-7-6-9(2)8-10;1-3-8-5-4-7(2)6-8;1-11(7,8)6-12(9,10)2(3,4)5;1-5(2,3)4;1-7(2,3,4,5)6/h5-11H2,1-4H3;6-8H,3-5H2,1-2H3;4-6H,3H2,1-2H3;1H3;1H3,(H,2,3,4);/q3*+1;-1;;-1/p-1. The number of imidazole rings is 2. The second kappa shape index (κ2) is 23.9. The van der Waals surface area contributed by atoms with Crippen LogP contribution in [0.4, 0.5) is 38.4 Å². The number of alkyl halides is 3. The van der Waals surface area contributed by atoms with Crippen molar-refractivity contribution in [1.82, 2.24) is 9.13 Å². The molecule has 2 rings (SSSR count). The monoisotopic (exact) mass is 888 g/mol. The van der Waals surface area contributed by atoms with Crippen molar-refractivity contribution in [3.63, 3.8) is 0 Å². The maximum atomic E-state index is 11.4.